The van der Waals surface area contributed by atoms with E-state index in [1.807, 2.05) is 0 Å². The topological polar surface area (TPSA) is 97.7 Å². The molecule has 114 valence electrons. The van der Waals surface area contributed by atoms with Crippen LogP contribution in [0.4, 0.5) is 0 Å². The number of rotatable bonds is 7. The van der Waals surface area contributed by atoms with E-state index in [1.54, 1.807) is 12.1 Å². The lowest BCUT2D eigenvalue weighted by molar-refractivity contribution is -0.148. The number of esters is 1. The summed E-state index contributed by atoms with van der Waals surface area (Å²) in [6, 6.07) is 6.11. The van der Waals surface area contributed by atoms with Gasteiger partial charge in [-0.1, -0.05) is 24.3 Å². The molecule has 0 bridgehead atoms. The predicted octanol–water partition coefficient (Wildman–Crippen LogP) is 1.36. The van der Waals surface area contributed by atoms with Gasteiger partial charge in [-0.05, 0) is 12.5 Å². The zero-order valence-electron chi connectivity index (χ0n) is 11.7. The highest BCUT2D eigenvalue weighted by Gasteiger charge is 2.27. The summed E-state index contributed by atoms with van der Waals surface area (Å²) in [6.07, 6.45) is -0.257. The van der Waals surface area contributed by atoms with Crippen molar-refractivity contribution in [3.05, 3.63) is 35.4 Å². The van der Waals surface area contributed by atoms with Crippen molar-refractivity contribution in [2.24, 2.45) is 5.92 Å². The van der Waals surface area contributed by atoms with Crippen molar-refractivity contribution in [3.8, 4) is 0 Å². The Morgan fingerprint density at radius 3 is 2.24 bits per heavy atom. The average molecular weight is 312 g/mol. The Kier molecular flexibility index (Phi) is 6.39. The Morgan fingerprint density at radius 1 is 1.24 bits per heavy atom. The van der Waals surface area contributed by atoms with Crippen molar-refractivity contribution in [1.82, 2.24) is 0 Å². The van der Waals surface area contributed by atoms with Crippen LogP contribution in [0.15, 0.2) is 24.3 Å². The summed E-state index contributed by atoms with van der Waals surface area (Å²) in [5.41, 5.74) is 0.945. The van der Waals surface area contributed by atoms with Gasteiger partial charge >= 0.3 is 5.97 Å². The molecule has 0 heterocycles. The van der Waals surface area contributed by atoms with E-state index in [-0.39, 0.29) is 18.0 Å². The van der Waals surface area contributed by atoms with Crippen LogP contribution in [0.1, 0.15) is 29.3 Å². The summed E-state index contributed by atoms with van der Waals surface area (Å²) in [4.78, 5) is 34.9. The standard InChI is InChI=1S/C14H16O6S/c1-9(15)12(14(17)20-2)7-13(16)11-5-3-10(4-6-11)8-21(18)19/h3-6,12H,7-8H2,1-2H3,(H,18,19). The second-order valence-corrected chi connectivity index (χ2v) is 5.41. The highest BCUT2D eigenvalue weighted by molar-refractivity contribution is 7.78. The Hall–Kier alpha value is -1.86. The summed E-state index contributed by atoms with van der Waals surface area (Å²) in [5, 5.41) is 0. The van der Waals surface area contributed by atoms with Crippen LogP contribution in [0.2, 0.25) is 0 Å². The van der Waals surface area contributed by atoms with Gasteiger partial charge in [-0.25, -0.2) is 4.21 Å². The van der Waals surface area contributed by atoms with Gasteiger partial charge in [-0.2, -0.15) is 0 Å². The molecule has 6 nitrogen and oxygen atoms in total. The molecular formula is C14H16O6S. The molecule has 0 aromatic heterocycles. The fourth-order valence-electron chi connectivity index (χ4n) is 1.77. The second kappa shape index (κ2) is 7.80. The van der Waals surface area contributed by atoms with Crippen molar-refractivity contribution in [3.63, 3.8) is 0 Å². The maximum Gasteiger partial charge on any atom is 0.316 e. The van der Waals surface area contributed by atoms with Gasteiger partial charge in [0.2, 0.25) is 0 Å². The Bertz CT molecular complexity index is 563. The fourth-order valence-corrected chi connectivity index (χ4v) is 2.25. The van der Waals surface area contributed by atoms with Crippen LogP contribution in [0.5, 0.6) is 0 Å². The smallest absolute Gasteiger partial charge is 0.316 e. The number of hydrogen-bond donors (Lipinski definition) is 1. The number of hydrogen-bond acceptors (Lipinski definition) is 5. The SMILES string of the molecule is COC(=O)C(CC(=O)c1ccc(CS(=O)O)cc1)C(C)=O. The fraction of sp³-hybridized carbons (Fsp3) is 0.357. The Morgan fingerprint density at radius 2 is 1.81 bits per heavy atom. The third-order valence-electron chi connectivity index (χ3n) is 2.93. The average Bonchev–Trinajstić information content (AvgIpc) is 2.43. The molecule has 1 rings (SSSR count). The first-order chi connectivity index (χ1) is 9.85. The predicted molar refractivity (Wildman–Crippen MR) is 76.1 cm³/mol. The maximum atomic E-state index is 12.0. The minimum absolute atomic E-state index is 0.0211. The van der Waals surface area contributed by atoms with Gasteiger partial charge in [0.25, 0.3) is 0 Å². The van der Waals surface area contributed by atoms with Crippen molar-refractivity contribution >= 4 is 28.6 Å². The number of ketones is 2. The molecule has 0 saturated heterocycles. The van der Waals surface area contributed by atoms with Gasteiger partial charge < -0.3 is 9.29 Å². The van der Waals surface area contributed by atoms with Crippen LogP contribution >= 0.6 is 0 Å². The maximum absolute atomic E-state index is 12.0. The van der Waals surface area contributed by atoms with Crippen molar-refractivity contribution < 1.29 is 27.9 Å². The lowest BCUT2D eigenvalue weighted by Gasteiger charge is -2.10. The molecule has 0 aliphatic heterocycles. The first kappa shape index (κ1) is 17.2. The minimum Gasteiger partial charge on any atom is -0.468 e. The van der Waals surface area contributed by atoms with Crippen molar-refractivity contribution in [1.29, 1.82) is 0 Å². The number of ether oxygens (including phenoxy) is 1. The molecule has 0 amide bonds. The largest absolute Gasteiger partial charge is 0.468 e. The highest BCUT2D eigenvalue weighted by atomic mass is 32.2. The van der Waals surface area contributed by atoms with E-state index >= 15 is 0 Å². The van der Waals surface area contributed by atoms with E-state index in [9.17, 15) is 18.6 Å². The molecule has 0 radical (unpaired) electrons. The van der Waals surface area contributed by atoms with E-state index in [0.717, 1.165) is 7.11 Å². The number of methoxy groups -OCH3 is 1. The zero-order chi connectivity index (χ0) is 16.0. The van der Waals surface area contributed by atoms with Crippen molar-refractivity contribution in [2.75, 3.05) is 7.11 Å². The van der Waals surface area contributed by atoms with Gasteiger partial charge in [0.15, 0.2) is 16.9 Å². The molecule has 2 unspecified atom stereocenters. The Labute approximate surface area is 124 Å². The molecule has 21 heavy (non-hydrogen) atoms. The molecule has 7 heteroatoms. The van der Waals surface area contributed by atoms with Gasteiger partial charge in [-0.15, -0.1) is 0 Å². The van der Waals surface area contributed by atoms with Gasteiger partial charge in [0.1, 0.15) is 11.7 Å². The van der Waals surface area contributed by atoms with E-state index < -0.39 is 28.8 Å². The number of carbonyl (C=O) groups is 3. The van der Waals surface area contributed by atoms with Crippen LogP contribution in [-0.2, 0) is 31.2 Å². The minimum atomic E-state index is -1.95. The monoisotopic (exact) mass is 312 g/mol. The molecule has 0 fully saturated rings. The summed E-state index contributed by atoms with van der Waals surface area (Å²) in [7, 11) is 1.16. The molecule has 1 aromatic carbocycles. The number of carbonyl (C=O) groups excluding carboxylic acids is 3. The third-order valence-corrected chi connectivity index (χ3v) is 3.51. The van der Waals surface area contributed by atoms with Crippen molar-refractivity contribution in [2.45, 2.75) is 19.1 Å². The first-order valence-electron chi connectivity index (χ1n) is 6.13. The summed E-state index contributed by atoms with van der Waals surface area (Å²) < 4.78 is 23.9. The van der Waals surface area contributed by atoms with Gasteiger partial charge in [-0.3, -0.25) is 14.4 Å². The quantitative estimate of drug-likeness (QED) is 0.353. The van der Waals surface area contributed by atoms with Crippen LogP contribution in [0.25, 0.3) is 0 Å². The van der Waals surface area contributed by atoms with Crippen LogP contribution in [-0.4, -0.2) is 33.4 Å². The molecule has 0 spiro atoms. The molecule has 1 N–H and O–H groups in total. The van der Waals surface area contributed by atoms with Gasteiger partial charge in [0.05, 0.1) is 12.9 Å². The molecule has 0 aliphatic rings. The normalized spacial score (nSPS) is 13.3. The lowest BCUT2D eigenvalue weighted by Crippen LogP contribution is -2.26. The van der Waals surface area contributed by atoms with E-state index in [1.165, 1.54) is 19.1 Å². The van der Waals surface area contributed by atoms with E-state index in [4.69, 9.17) is 4.55 Å². The van der Waals surface area contributed by atoms with Gasteiger partial charge in [0, 0.05) is 12.0 Å². The number of Topliss-reactive ketones (excluding diaryl/α,β-unsaturated/α-hetero) is 2. The van der Waals surface area contributed by atoms with Crippen LogP contribution in [0, 0.1) is 5.92 Å². The van der Waals surface area contributed by atoms with E-state index in [0.29, 0.717) is 11.1 Å². The van der Waals surface area contributed by atoms with Crippen LogP contribution < -0.4 is 0 Å². The summed E-state index contributed by atoms with van der Waals surface area (Å²) in [5.74, 6) is -2.65. The molecular weight excluding hydrogens is 296 g/mol. The number of benzene rings is 1. The third kappa shape index (κ3) is 5.20. The lowest BCUT2D eigenvalue weighted by atomic mass is 9.95. The second-order valence-electron chi connectivity index (χ2n) is 4.48. The molecule has 2 atom stereocenters. The Balaban J connectivity index is 2.81. The van der Waals surface area contributed by atoms with E-state index in [2.05, 4.69) is 4.74 Å². The summed E-state index contributed by atoms with van der Waals surface area (Å²) >= 11 is -1.95. The zero-order valence-corrected chi connectivity index (χ0v) is 12.5. The summed E-state index contributed by atoms with van der Waals surface area (Å²) in [6.45, 7) is 1.23. The highest BCUT2D eigenvalue weighted by Crippen LogP contribution is 2.14. The molecule has 0 saturated carbocycles. The van der Waals surface area contributed by atoms with Crippen LogP contribution in [0.3, 0.4) is 0 Å². The molecule has 0 aliphatic carbocycles. The molecule has 1 aromatic rings. The first-order valence-corrected chi connectivity index (χ1v) is 7.40.